The Morgan fingerprint density at radius 3 is 2.50 bits per heavy atom. The van der Waals surface area contributed by atoms with Gasteiger partial charge in [-0.05, 0) is 36.8 Å². The Kier molecular flexibility index (Phi) is 7.57. The highest BCUT2D eigenvalue weighted by molar-refractivity contribution is 5.94. The van der Waals surface area contributed by atoms with E-state index in [0.717, 1.165) is 24.0 Å². The van der Waals surface area contributed by atoms with Crippen LogP contribution in [0.3, 0.4) is 0 Å². The van der Waals surface area contributed by atoms with E-state index in [9.17, 15) is 9.59 Å². The first-order valence-corrected chi connectivity index (χ1v) is 10.1. The maximum Gasteiger partial charge on any atom is 0.274 e. The summed E-state index contributed by atoms with van der Waals surface area (Å²) in [6.07, 6.45) is 2.07. The molecule has 3 rings (SSSR count). The number of fused-ring (bicyclic) bond motifs is 1. The molecule has 1 amide bonds. The second-order valence-electron chi connectivity index (χ2n) is 6.92. The molecule has 0 radical (unpaired) electrons. The van der Waals surface area contributed by atoms with Crippen LogP contribution in [0, 0.1) is 0 Å². The van der Waals surface area contributed by atoms with Crippen molar-refractivity contribution in [2.24, 2.45) is 0 Å². The first kappa shape index (κ1) is 21.5. The smallest absolute Gasteiger partial charge is 0.274 e. The Morgan fingerprint density at radius 1 is 1.07 bits per heavy atom. The summed E-state index contributed by atoms with van der Waals surface area (Å²) in [5.74, 6) is 0.536. The number of carbonyl (C=O) groups excluding carboxylic acids is 1. The predicted molar refractivity (Wildman–Crippen MR) is 116 cm³/mol. The minimum Gasteiger partial charge on any atom is -0.494 e. The minimum absolute atomic E-state index is 0.170. The van der Waals surface area contributed by atoms with Gasteiger partial charge in [0.25, 0.3) is 11.5 Å². The van der Waals surface area contributed by atoms with E-state index in [1.807, 2.05) is 18.2 Å². The first-order valence-electron chi connectivity index (χ1n) is 10.1. The monoisotopic (exact) mass is 409 g/mol. The number of ether oxygens (including phenoxy) is 2. The van der Waals surface area contributed by atoms with Gasteiger partial charge in [0, 0.05) is 18.1 Å². The molecule has 1 N–H and O–H groups in total. The molecule has 0 saturated heterocycles. The van der Waals surface area contributed by atoms with Crippen LogP contribution in [0.15, 0.2) is 53.3 Å². The van der Waals surface area contributed by atoms with Crippen LogP contribution in [0.1, 0.15) is 35.8 Å². The third-order valence-corrected chi connectivity index (χ3v) is 4.75. The summed E-state index contributed by atoms with van der Waals surface area (Å²) < 4.78 is 12.1. The Morgan fingerprint density at radius 2 is 1.80 bits per heavy atom. The molecule has 158 valence electrons. The molecular weight excluding hydrogens is 382 g/mol. The van der Waals surface area contributed by atoms with E-state index >= 15 is 0 Å². The standard InChI is InChI=1S/C23H27N3O4/c1-3-4-14-30-18-11-9-17(10-12-18)22(27)24-16-21-19-7-5-6-8-20(19)23(28)26(25-21)13-15-29-2/h5-12H,3-4,13-16H2,1-2H3,(H,24,27). The second kappa shape index (κ2) is 10.5. The zero-order chi connectivity index (χ0) is 21.3. The number of carbonyl (C=O) groups is 1. The van der Waals surface area contributed by atoms with E-state index < -0.39 is 0 Å². The molecule has 0 aliphatic heterocycles. The van der Waals surface area contributed by atoms with Crippen LogP contribution in [0.5, 0.6) is 5.75 Å². The lowest BCUT2D eigenvalue weighted by molar-refractivity contribution is 0.0950. The van der Waals surface area contributed by atoms with Gasteiger partial charge < -0.3 is 14.8 Å². The average molecular weight is 409 g/mol. The molecule has 3 aromatic rings. The molecule has 7 nitrogen and oxygen atoms in total. The molecule has 7 heteroatoms. The van der Waals surface area contributed by atoms with Crippen molar-refractivity contribution in [2.75, 3.05) is 20.3 Å². The Bertz CT molecular complexity index is 1040. The molecule has 0 aliphatic rings. The number of unbranched alkanes of at least 4 members (excludes halogenated alkanes) is 1. The maximum atomic E-state index is 12.6. The summed E-state index contributed by atoms with van der Waals surface area (Å²) in [6, 6.07) is 14.3. The van der Waals surface area contributed by atoms with Gasteiger partial charge in [-0.2, -0.15) is 5.10 Å². The summed E-state index contributed by atoms with van der Waals surface area (Å²) in [4.78, 5) is 25.2. The number of aromatic nitrogens is 2. The zero-order valence-corrected chi connectivity index (χ0v) is 17.4. The summed E-state index contributed by atoms with van der Waals surface area (Å²) >= 11 is 0. The van der Waals surface area contributed by atoms with Crippen LogP contribution >= 0.6 is 0 Å². The van der Waals surface area contributed by atoms with Crippen molar-refractivity contribution in [2.45, 2.75) is 32.9 Å². The summed E-state index contributed by atoms with van der Waals surface area (Å²) in [6.45, 7) is 3.71. The van der Waals surface area contributed by atoms with Gasteiger partial charge in [0.15, 0.2) is 0 Å². The number of methoxy groups -OCH3 is 1. The Hall–Kier alpha value is -3.19. The summed E-state index contributed by atoms with van der Waals surface area (Å²) in [7, 11) is 1.58. The maximum absolute atomic E-state index is 12.6. The molecule has 0 saturated carbocycles. The van der Waals surface area contributed by atoms with Crippen molar-refractivity contribution < 1.29 is 14.3 Å². The highest BCUT2D eigenvalue weighted by Crippen LogP contribution is 2.15. The molecule has 0 atom stereocenters. The SMILES string of the molecule is CCCCOc1ccc(C(=O)NCc2nn(CCOC)c(=O)c3ccccc23)cc1. The van der Waals surface area contributed by atoms with E-state index in [1.54, 1.807) is 37.4 Å². The highest BCUT2D eigenvalue weighted by Gasteiger charge is 2.12. The predicted octanol–water partition coefficient (Wildman–Crippen LogP) is 3.15. The van der Waals surface area contributed by atoms with Crippen molar-refractivity contribution in [1.29, 1.82) is 0 Å². The Labute approximate surface area is 175 Å². The van der Waals surface area contributed by atoms with Crippen molar-refractivity contribution in [1.82, 2.24) is 15.1 Å². The van der Waals surface area contributed by atoms with Crippen molar-refractivity contribution in [3.8, 4) is 5.75 Å². The average Bonchev–Trinajstić information content (AvgIpc) is 2.78. The zero-order valence-electron chi connectivity index (χ0n) is 17.4. The number of amides is 1. The molecule has 1 aromatic heterocycles. The minimum atomic E-state index is -0.212. The molecule has 30 heavy (non-hydrogen) atoms. The van der Waals surface area contributed by atoms with Crippen LogP contribution in [-0.2, 0) is 17.8 Å². The molecule has 0 unspecified atom stereocenters. The fourth-order valence-electron chi connectivity index (χ4n) is 3.07. The third-order valence-electron chi connectivity index (χ3n) is 4.75. The highest BCUT2D eigenvalue weighted by atomic mass is 16.5. The van der Waals surface area contributed by atoms with Crippen LogP contribution in [0.2, 0.25) is 0 Å². The molecule has 1 heterocycles. The van der Waals surface area contributed by atoms with Crippen LogP contribution in [0.25, 0.3) is 10.8 Å². The van der Waals surface area contributed by atoms with Crippen LogP contribution in [-0.4, -0.2) is 36.0 Å². The fraction of sp³-hybridized carbons (Fsp3) is 0.348. The summed E-state index contributed by atoms with van der Waals surface area (Å²) in [5.41, 5.74) is 1.00. The van der Waals surface area contributed by atoms with E-state index in [4.69, 9.17) is 9.47 Å². The molecule has 0 aliphatic carbocycles. The van der Waals surface area contributed by atoms with Crippen LogP contribution < -0.4 is 15.6 Å². The van der Waals surface area contributed by atoms with Gasteiger partial charge in [0.2, 0.25) is 0 Å². The quantitative estimate of drug-likeness (QED) is 0.520. The number of nitrogens with zero attached hydrogens (tertiary/aromatic N) is 2. The van der Waals surface area contributed by atoms with Crippen molar-refractivity contribution in [3.05, 3.63) is 70.1 Å². The normalized spacial score (nSPS) is 10.9. The van der Waals surface area contributed by atoms with Gasteiger partial charge in [-0.25, -0.2) is 4.68 Å². The van der Waals surface area contributed by atoms with Gasteiger partial charge >= 0.3 is 0 Å². The number of rotatable bonds is 10. The van der Waals surface area contributed by atoms with E-state index in [0.29, 0.717) is 36.4 Å². The Balaban J connectivity index is 1.74. The molecule has 0 spiro atoms. The van der Waals surface area contributed by atoms with Crippen molar-refractivity contribution in [3.63, 3.8) is 0 Å². The topological polar surface area (TPSA) is 82.4 Å². The number of hydrogen-bond acceptors (Lipinski definition) is 5. The number of nitrogens with one attached hydrogen (secondary N) is 1. The fourth-order valence-corrected chi connectivity index (χ4v) is 3.07. The van der Waals surface area contributed by atoms with E-state index in [2.05, 4.69) is 17.3 Å². The molecule has 0 fully saturated rings. The van der Waals surface area contributed by atoms with Gasteiger partial charge in [-0.15, -0.1) is 0 Å². The molecule has 2 aromatic carbocycles. The van der Waals surface area contributed by atoms with Crippen molar-refractivity contribution >= 4 is 16.7 Å². The summed E-state index contributed by atoms with van der Waals surface area (Å²) in [5, 5.41) is 8.65. The lowest BCUT2D eigenvalue weighted by Crippen LogP contribution is -2.29. The largest absolute Gasteiger partial charge is 0.494 e. The van der Waals surface area contributed by atoms with Gasteiger partial charge in [0.05, 0.1) is 37.4 Å². The number of benzene rings is 2. The second-order valence-corrected chi connectivity index (χ2v) is 6.92. The van der Waals surface area contributed by atoms with Gasteiger partial charge in [-0.1, -0.05) is 31.5 Å². The van der Waals surface area contributed by atoms with Gasteiger partial charge in [0.1, 0.15) is 5.75 Å². The number of hydrogen-bond donors (Lipinski definition) is 1. The first-order chi connectivity index (χ1) is 14.6. The molecular formula is C23H27N3O4. The molecule has 0 bridgehead atoms. The van der Waals surface area contributed by atoms with E-state index in [-0.39, 0.29) is 18.0 Å². The van der Waals surface area contributed by atoms with Crippen LogP contribution in [0.4, 0.5) is 0 Å². The lowest BCUT2D eigenvalue weighted by atomic mass is 10.1. The van der Waals surface area contributed by atoms with Gasteiger partial charge in [-0.3, -0.25) is 9.59 Å². The lowest BCUT2D eigenvalue weighted by Gasteiger charge is -2.12. The third kappa shape index (κ3) is 5.24. The van der Waals surface area contributed by atoms with E-state index in [1.165, 1.54) is 4.68 Å².